The van der Waals surface area contributed by atoms with Crippen molar-refractivity contribution in [3.63, 3.8) is 0 Å². The van der Waals surface area contributed by atoms with E-state index in [2.05, 4.69) is 0 Å². The molecule has 122 valence electrons. The first-order valence-electron chi connectivity index (χ1n) is 7.50. The Morgan fingerprint density at radius 3 is 2.36 bits per heavy atom. The van der Waals surface area contributed by atoms with E-state index in [0.29, 0.717) is 19.6 Å². The third-order valence-electron chi connectivity index (χ3n) is 3.14. The number of hydrogen-bond acceptors (Lipinski definition) is 5. The highest BCUT2D eigenvalue weighted by molar-refractivity contribution is 5.74. The predicted octanol–water partition coefficient (Wildman–Crippen LogP) is 2.52. The molecule has 5 nitrogen and oxygen atoms in total. The van der Waals surface area contributed by atoms with Gasteiger partial charge in [-0.05, 0) is 24.8 Å². The molecule has 5 heteroatoms. The molecule has 22 heavy (non-hydrogen) atoms. The molecule has 1 unspecified atom stereocenters. The van der Waals surface area contributed by atoms with E-state index in [4.69, 9.17) is 14.2 Å². The van der Waals surface area contributed by atoms with Crippen LogP contribution in [0.2, 0.25) is 0 Å². The second-order valence-corrected chi connectivity index (χ2v) is 4.97. The number of benzene rings is 1. The molecule has 1 rings (SSSR count). The number of unbranched alkanes of at least 4 members (excludes halogenated alkanes) is 2. The Bertz CT molecular complexity index is 444. The molecule has 0 amide bonds. The van der Waals surface area contributed by atoms with Gasteiger partial charge in [0, 0.05) is 20.0 Å². The maximum atomic E-state index is 11.8. The molecule has 0 heterocycles. The average molecular weight is 308 g/mol. The zero-order valence-electron chi connectivity index (χ0n) is 13.2. The summed E-state index contributed by atoms with van der Waals surface area (Å²) in [6, 6.07) is 9.70. The van der Waals surface area contributed by atoms with E-state index in [9.17, 15) is 9.59 Å². The van der Waals surface area contributed by atoms with Crippen molar-refractivity contribution < 1.29 is 23.8 Å². The molecule has 0 N–H and O–H groups in total. The van der Waals surface area contributed by atoms with E-state index in [0.717, 1.165) is 24.8 Å². The molecular formula is C17H24O5. The van der Waals surface area contributed by atoms with Crippen molar-refractivity contribution in [1.29, 1.82) is 0 Å². The summed E-state index contributed by atoms with van der Waals surface area (Å²) < 4.78 is 15.3. The third kappa shape index (κ3) is 7.78. The normalized spacial score (nSPS) is 11.7. The van der Waals surface area contributed by atoms with Crippen LogP contribution in [0.1, 0.15) is 31.7 Å². The third-order valence-corrected chi connectivity index (χ3v) is 3.14. The number of carbonyl (C=O) groups excluding carboxylic acids is 2. The first-order chi connectivity index (χ1) is 10.6. The Kier molecular flexibility index (Phi) is 8.91. The Labute approximate surface area is 131 Å². The Morgan fingerprint density at radius 1 is 1.05 bits per heavy atom. The minimum atomic E-state index is -0.583. The molecule has 1 atom stereocenters. The van der Waals surface area contributed by atoms with E-state index in [1.54, 1.807) is 0 Å². The highest BCUT2D eigenvalue weighted by atomic mass is 16.6. The van der Waals surface area contributed by atoms with Crippen LogP contribution in [-0.2, 0) is 30.2 Å². The first kappa shape index (κ1) is 18.2. The quantitative estimate of drug-likeness (QED) is 0.491. The standard InChI is InChI=1S/C17H24O5/c1-14(18)21-11-7-4-8-12-22-16(17(19)20-2)13-15-9-5-3-6-10-15/h3,5-6,9-10,16H,4,7-8,11-13H2,1-2H3. The van der Waals surface area contributed by atoms with Crippen LogP contribution in [0.4, 0.5) is 0 Å². The van der Waals surface area contributed by atoms with Gasteiger partial charge in [-0.2, -0.15) is 0 Å². The summed E-state index contributed by atoms with van der Waals surface area (Å²) in [5, 5.41) is 0. The van der Waals surface area contributed by atoms with Crippen molar-refractivity contribution in [3.8, 4) is 0 Å². The molecule has 0 saturated carbocycles. The SMILES string of the molecule is COC(=O)C(Cc1ccccc1)OCCCCCOC(C)=O. The molecule has 0 fully saturated rings. The molecule has 0 aliphatic carbocycles. The van der Waals surface area contributed by atoms with E-state index < -0.39 is 6.10 Å². The van der Waals surface area contributed by atoms with E-state index in [1.165, 1.54) is 14.0 Å². The molecule has 1 aromatic carbocycles. The monoisotopic (exact) mass is 308 g/mol. The topological polar surface area (TPSA) is 61.8 Å². The molecular weight excluding hydrogens is 284 g/mol. The van der Waals surface area contributed by atoms with Gasteiger partial charge >= 0.3 is 11.9 Å². The van der Waals surface area contributed by atoms with Crippen molar-refractivity contribution in [3.05, 3.63) is 35.9 Å². The van der Waals surface area contributed by atoms with Gasteiger partial charge in [0.1, 0.15) is 0 Å². The van der Waals surface area contributed by atoms with Crippen molar-refractivity contribution in [2.75, 3.05) is 20.3 Å². The van der Waals surface area contributed by atoms with Gasteiger partial charge in [0.25, 0.3) is 0 Å². The molecule has 0 saturated heterocycles. The smallest absolute Gasteiger partial charge is 0.335 e. The fourth-order valence-electron chi connectivity index (χ4n) is 1.99. The number of ether oxygens (including phenoxy) is 3. The summed E-state index contributed by atoms with van der Waals surface area (Å²) in [5.74, 6) is -0.617. The van der Waals surface area contributed by atoms with Gasteiger partial charge in [-0.1, -0.05) is 30.3 Å². The summed E-state index contributed by atoms with van der Waals surface area (Å²) in [6.07, 6.45) is 2.41. The minimum Gasteiger partial charge on any atom is -0.467 e. The summed E-state index contributed by atoms with van der Waals surface area (Å²) in [5.41, 5.74) is 1.03. The Balaban J connectivity index is 2.27. The van der Waals surface area contributed by atoms with Crippen molar-refractivity contribution in [2.45, 2.75) is 38.7 Å². The van der Waals surface area contributed by atoms with Crippen LogP contribution < -0.4 is 0 Å². The van der Waals surface area contributed by atoms with Gasteiger partial charge in [0.05, 0.1) is 13.7 Å². The summed E-state index contributed by atoms with van der Waals surface area (Å²) >= 11 is 0. The number of carbonyl (C=O) groups is 2. The zero-order valence-corrected chi connectivity index (χ0v) is 13.2. The number of esters is 2. The molecule has 0 aromatic heterocycles. The van der Waals surface area contributed by atoms with Gasteiger partial charge in [0.15, 0.2) is 6.10 Å². The molecule has 0 aliphatic heterocycles. The van der Waals surface area contributed by atoms with Crippen LogP contribution >= 0.6 is 0 Å². The lowest BCUT2D eigenvalue weighted by Gasteiger charge is -2.15. The summed E-state index contributed by atoms with van der Waals surface area (Å²) in [7, 11) is 1.36. The number of rotatable bonds is 10. The zero-order chi connectivity index (χ0) is 16.2. The van der Waals surface area contributed by atoms with Crippen LogP contribution in [0, 0.1) is 0 Å². The van der Waals surface area contributed by atoms with Crippen molar-refractivity contribution >= 4 is 11.9 Å². The fourth-order valence-corrected chi connectivity index (χ4v) is 1.99. The van der Waals surface area contributed by atoms with Gasteiger partial charge in [0.2, 0.25) is 0 Å². The molecule has 0 spiro atoms. The van der Waals surface area contributed by atoms with Crippen LogP contribution in [0.15, 0.2) is 30.3 Å². The van der Waals surface area contributed by atoms with Crippen molar-refractivity contribution in [2.24, 2.45) is 0 Å². The van der Waals surface area contributed by atoms with Crippen LogP contribution in [0.25, 0.3) is 0 Å². The van der Waals surface area contributed by atoms with E-state index in [-0.39, 0.29) is 11.9 Å². The minimum absolute atomic E-state index is 0.259. The van der Waals surface area contributed by atoms with E-state index >= 15 is 0 Å². The number of methoxy groups -OCH3 is 1. The summed E-state index contributed by atoms with van der Waals surface area (Å²) in [6.45, 7) is 2.31. The lowest BCUT2D eigenvalue weighted by molar-refractivity contribution is -0.154. The van der Waals surface area contributed by atoms with Crippen LogP contribution in [0.3, 0.4) is 0 Å². The largest absolute Gasteiger partial charge is 0.467 e. The fraction of sp³-hybridized carbons (Fsp3) is 0.529. The van der Waals surface area contributed by atoms with Crippen molar-refractivity contribution in [1.82, 2.24) is 0 Å². The van der Waals surface area contributed by atoms with Crippen LogP contribution in [-0.4, -0.2) is 38.4 Å². The van der Waals surface area contributed by atoms with Gasteiger partial charge in [-0.3, -0.25) is 4.79 Å². The second kappa shape index (κ2) is 10.8. The maximum Gasteiger partial charge on any atom is 0.335 e. The second-order valence-electron chi connectivity index (χ2n) is 4.97. The highest BCUT2D eigenvalue weighted by Crippen LogP contribution is 2.09. The molecule has 1 aromatic rings. The first-order valence-corrected chi connectivity index (χ1v) is 7.50. The highest BCUT2D eigenvalue weighted by Gasteiger charge is 2.20. The van der Waals surface area contributed by atoms with Crippen LogP contribution in [0.5, 0.6) is 0 Å². The lowest BCUT2D eigenvalue weighted by atomic mass is 10.1. The van der Waals surface area contributed by atoms with Gasteiger partial charge in [-0.15, -0.1) is 0 Å². The molecule has 0 aliphatic rings. The molecule has 0 bridgehead atoms. The summed E-state index contributed by atoms with van der Waals surface area (Å²) in [4.78, 5) is 22.4. The van der Waals surface area contributed by atoms with Gasteiger partial charge in [-0.25, -0.2) is 4.79 Å². The lowest BCUT2D eigenvalue weighted by Crippen LogP contribution is -2.28. The Hall–Kier alpha value is -1.88. The Morgan fingerprint density at radius 2 is 1.73 bits per heavy atom. The van der Waals surface area contributed by atoms with Gasteiger partial charge < -0.3 is 14.2 Å². The molecule has 0 radical (unpaired) electrons. The number of hydrogen-bond donors (Lipinski definition) is 0. The maximum absolute atomic E-state index is 11.8. The van der Waals surface area contributed by atoms with E-state index in [1.807, 2.05) is 30.3 Å². The predicted molar refractivity (Wildman–Crippen MR) is 82.4 cm³/mol. The average Bonchev–Trinajstić information content (AvgIpc) is 2.52.